The van der Waals surface area contributed by atoms with E-state index in [1.807, 2.05) is 6.07 Å². The van der Waals surface area contributed by atoms with Gasteiger partial charge < -0.3 is 19.5 Å². The van der Waals surface area contributed by atoms with Gasteiger partial charge in [0.15, 0.2) is 0 Å². The van der Waals surface area contributed by atoms with E-state index in [4.69, 9.17) is 14.2 Å². The van der Waals surface area contributed by atoms with E-state index in [2.05, 4.69) is 38.2 Å². The zero-order valence-electron chi connectivity index (χ0n) is 13.8. The van der Waals surface area contributed by atoms with Gasteiger partial charge in [0.05, 0.1) is 26.9 Å². The molecule has 1 aromatic carbocycles. The van der Waals surface area contributed by atoms with E-state index < -0.39 is 0 Å². The van der Waals surface area contributed by atoms with E-state index in [9.17, 15) is 0 Å². The van der Waals surface area contributed by atoms with Crippen molar-refractivity contribution >= 4 is 0 Å². The van der Waals surface area contributed by atoms with E-state index in [1.165, 1.54) is 5.56 Å². The quantitative estimate of drug-likeness (QED) is 0.637. The van der Waals surface area contributed by atoms with Gasteiger partial charge in [-0.2, -0.15) is 0 Å². The summed E-state index contributed by atoms with van der Waals surface area (Å²) >= 11 is 0. The average molecular weight is 295 g/mol. The van der Waals surface area contributed by atoms with Gasteiger partial charge in [-0.3, -0.25) is 0 Å². The maximum Gasteiger partial charge on any atom is 0.124 e. The largest absolute Gasteiger partial charge is 0.496 e. The van der Waals surface area contributed by atoms with Gasteiger partial charge in [0.1, 0.15) is 5.75 Å². The van der Waals surface area contributed by atoms with Crippen LogP contribution in [0.1, 0.15) is 31.9 Å². The van der Waals surface area contributed by atoms with Crippen molar-refractivity contribution in [1.29, 1.82) is 0 Å². The lowest BCUT2D eigenvalue weighted by Crippen LogP contribution is -2.12. The molecule has 0 aliphatic rings. The third-order valence-corrected chi connectivity index (χ3v) is 3.00. The number of methoxy groups -OCH3 is 1. The molecule has 0 saturated carbocycles. The Bertz CT molecular complexity index is 394. The minimum absolute atomic E-state index is 0.550. The van der Waals surface area contributed by atoms with Crippen LogP contribution in [-0.4, -0.2) is 33.5 Å². The molecule has 0 saturated heterocycles. The summed E-state index contributed by atoms with van der Waals surface area (Å²) < 4.78 is 16.6. The van der Waals surface area contributed by atoms with Crippen molar-refractivity contribution in [1.82, 2.24) is 5.32 Å². The fraction of sp³-hybridized carbons (Fsp3) is 0.647. The monoisotopic (exact) mass is 295 g/mol. The van der Waals surface area contributed by atoms with Crippen LogP contribution in [0.5, 0.6) is 5.75 Å². The van der Waals surface area contributed by atoms with Crippen LogP contribution in [0.3, 0.4) is 0 Å². The summed E-state index contributed by atoms with van der Waals surface area (Å²) in [5.41, 5.74) is 2.32. The third-order valence-electron chi connectivity index (χ3n) is 3.00. The van der Waals surface area contributed by atoms with Crippen molar-refractivity contribution < 1.29 is 14.2 Å². The number of ether oxygens (including phenoxy) is 3. The van der Waals surface area contributed by atoms with Crippen LogP contribution < -0.4 is 10.1 Å². The third kappa shape index (κ3) is 7.46. The fourth-order valence-corrected chi connectivity index (χ4v) is 1.94. The molecule has 0 aromatic heterocycles. The Morgan fingerprint density at radius 2 is 1.90 bits per heavy atom. The van der Waals surface area contributed by atoms with E-state index in [0.717, 1.165) is 31.0 Å². The van der Waals surface area contributed by atoms with Gasteiger partial charge in [-0.15, -0.1) is 0 Å². The molecule has 21 heavy (non-hydrogen) atoms. The summed E-state index contributed by atoms with van der Waals surface area (Å²) in [7, 11) is 1.69. The van der Waals surface area contributed by atoms with Gasteiger partial charge in [0.25, 0.3) is 0 Å². The Balaban J connectivity index is 2.40. The molecule has 1 rings (SSSR count). The first kappa shape index (κ1) is 18.0. The average Bonchev–Trinajstić information content (AvgIpc) is 2.48. The highest BCUT2D eigenvalue weighted by atomic mass is 16.5. The molecule has 0 aliphatic heterocycles. The maximum absolute atomic E-state index is 5.68. The van der Waals surface area contributed by atoms with Crippen LogP contribution in [0, 0.1) is 5.92 Å². The summed E-state index contributed by atoms with van der Waals surface area (Å²) in [6.45, 7) is 10.8. The number of hydrogen-bond acceptors (Lipinski definition) is 4. The SMILES string of the molecule is CCNCc1ccc(OC)c(COCCOCC(C)C)c1. The van der Waals surface area contributed by atoms with Gasteiger partial charge in [-0.05, 0) is 30.2 Å². The van der Waals surface area contributed by atoms with E-state index >= 15 is 0 Å². The Kier molecular flexibility index (Phi) is 9.06. The van der Waals surface area contributed by atoms with E-state index in [1.54, 1.807) is 7.11 Å². The van der Waals surface area contributed by atoms with Crippen LogP contribution in [0.25, 0.3) is 0 Å². The first-order valence-electron chi connectivity index (χ1n) is 7.69. The van der Waals surface area contributed by atoms with Crippen LogP contribution >= 0.6 is 0 Å². The molecule has 0 amide bonds. The van der Waals surface area contributed by atoms with Gasteiger partial charge in [0, 0.05) is 18.7 Å². The summed E-state index contributed by atoms with van der Waals surface area (Å²) in [5, 5.41) is 3.32. The predicted molar refractivity (Wildman–Crippen MR) is 85.7 cm³/mol. The molecule has 1 aromatic rings. The molecule has 0 spiro atoms. The van der Waals surface area contributed by atoms with Gasteiger partial charge in [-0.25, -0.2) is 0 Å². The predicted octanol–water partition coefficient (Wildman–Crippen LogP) is 2.99. The normalized spacial score (nSPS) is 11.1. The maximum atomic E-state index is 5.68. The van der Waals surface area contributed by atoms with Crippen LogP contribution in [-0.2, 0) is 22.6 Å². The lowest BCUT2D eigenvalue weighted by atomic mass is 10.1. The van der Waals surface area contributed by atoms with Crippen molar-refractivity contribution in [2.45, 2.75) is 33.9 Å². The molecule has 1 N–H and O–H groups in total. The first-order valence-corrected chi connectivity index (χ1v) is 7.69. The standard InChI is InChI=1S/C17H29NO3/c1-5-18-11-15-6-7-17(19-4)16(10-15)13-21-9-8-20-12-14(2)3/h6-7,10,14,18H,5,8-9,11-13H2,1-4H3. The highest BCUT2D eigenvalue weighted by Crippen LogP contribution is 2.20. The molecule has 0 bridgehead atoms. The second-order valence-corrected chi connectivity index (χ2v) is 5.45. The van der Waals surface area contributed by atoms with Crippen molar-refractivity contribution in [3.63, 3.8) is 0 Å². The van der Waals surface area contributed by atoms with Crippen molar-refractivity contribution in [3.8, 4) is 5.75 Å². The minimum Gasteiger partial charge on any atom is -0.496 e. The van der Waals surface area contributed by atoms with Crippen LogP contribution in [0.4, 0.5) is 0 Å². The summed E-state index contributed by atoms with van der Waals surface area (Å²) in [4.78, 5) is 0. The van der Waals surface area contributed by atoms with Gasteiger partial charge in [0.2, 0.25) is 0 Å². The molecule has 4 nitrogen and oxygen atoms in total. The lowest BCUT2D eigenvalue weighted by Gasteiger charge is -2.12. The van der Waals surface area contributed by atoms with Crippen molar-refractivity contribution in [2.24, 2.45) is 5.92 Å². The fourth-order valence-electron chi connectivity index (χ4n) is 1.94. The zero-order valence-corrected chi connectivity index (χ0v) is 13.8. The van der Waals surface area contributed by atoms with Crippen LogP contribution in [0.2, 0.25) is 0 Å². The van der Waals surface area contributed by atoms with Gasteiger partial charge >= 0.3 is 0 Å². The van der Waals surface area contributed by atoms with Gasteiger partial charge in [-0.1, -0.05) is 26.8 Å². The summed E-state index contributed by atoms with van der Waals surface area (Å²) in [6, 6.07) is 6.22. The molecule has 0 aliphatic carbocycles. The summed E-state index contributed by atoms with van der Waals surface area (Å²) in [5.74, 6) is 1.44. The highest BCUT2D eigenvalue weighted by molar-refractivity contribution is 5.36. The van der Waals surface area contributed by atoms with Crippen molar-refractivity contribution in [3.05, 3.63) is 29.3 Å². The number of benzene rings is 1. The zero-order chi connectivity index (χ0) is 15.5. The number of nitrogens with one attached hydrogen (secondary N) is 1. The Labute approximate surface area is 128 Å². The molecule has 0 radical (unpaired) electrons. The highest BCUT2D eigenvalue weighted by Gasteiger charge is 2.05. The number of hydrogen-bond donors (Lipinski definition) is 1. The van der Waals surface area contributed by atoms with E-state index in [-0.39, 0.29) is 0 Å². The molecule has 0 fully saturated rings. The molecule has 120 valence electrons. The molecule has 0 unspecified atom stereocenters. The Morgan fingerprint density at radius 3 is 2.57 bits per heavy atom. The van der Waals surface area contributed by atoms with Crippen molar-refractivity contribution in [2.75, 3.05) is 33.5 Å². The molecule has 4 heteroatoms. The smallest absolute Gasteiger partial charge is 0.124 e. The number of rotatable bonds is 11. The first-order chi connectivity index (χ1) is 10.2. The second kappa shape index (κ2) is 10.6. The molecule has 0 heterocycles. The lowest BCUT2D eigenvalue weighted by molar-refractivity contribution is 0.0309. The van der Waals surface area contributed by atoms with E-state index in [0.29, 0.717) is 25.7 Å². The molecular weight excluding hydrogens is 266 g/mol. The minimum atomic E-state index is 0.550. The molecular formula is C17H29NO3. The van der Waals surface area contributed by atoms with Crippen LogP contribution in [0.15, 0.2) is 18.2 Å². The molecule has 0 atom stereocenters. The summed E-state index contributed by atoms with van der Waals surface area (Å²) in [6.07, 6.45) is 0. The Morgan fingerprint density at radius 1 is 1.14 bits per heavy atom. The topological polar surface area (TPSA) is 39.7 Å². The Hall–Kier alpha value is -1.10. The second-order valence-electron chi connectivity index (χ2n) is 5.45.